The molecule has 0 saturated heterocycles. The van der Waals surface area contributed by atoms with Crippen LogP contribution < -0.4 is 5.73 Å². The SMILES string of the molecule is NC[C@H](CC(=O)O)C(F)F. The smallest absolute Gasteiger partial charge is 0.303 e. The fraction of sp³-hybridized carbons (Fsp3) is 0.800. The van der Waals surface area contributed by atoms with Crippen LogP contribution >= 0.6 is 0 Å². The maximum Gasteiger partial charge on any atom is 0.303 e. The van der Waals surface area contributed by atoms with E-state index in [0.29, 0.717) is 0 Å². The van der Waals surface area contributed by atoms with Gasteiger partial charge in [-0.2, -0.15) is 0 Å². The molecule has 60 valence electrons. The second-order valence-corrected chi connectivity index (χ2v) is 1.93. The third kappa shape index (κ3) is 3.34. The minimum atomic E-state index is -2.64. The molecule has 0 fully saturated rings. The average Bonchev–Trinajstić information content (AvgIpc) is 1.81. The molecule has 10 heavy (non-hydrogen) atoms. The first-order valence-electron chi connectivity index (χ1n) is 2.78. The van der Waals surface area contributed by atoms with E-state index < -0.39 is 24.7 Å². The Balaban J connectivity index is 3.71. The molecular formula is C5H9F2NO2. The summed E-state index contributed by atoms with van der Waals surface area (Å²) in [6.45, 7) is -0.288. The number of rotatable bonds is 4. The van der Waals surface area contributed by atoms with Gasteiger partial charge in [-0.05, 0) is 0 Å². The van der Waals surface area contributed by atoms with Gasteiger partial charge in [0.15, 0.2) is 0 Å². The normalized spacial score (nSPS) is 13.6. The summed E-state index contributed by atoms with van der Waals surface area (Å²) in [4.78, 5) is 9.88. The molecule has 3 nitrogen and oxygen atoms in total. The fourth-order valence-corrected chi connectivity index (χ4v) is 0.500. The Morgan fingerprint density at radius 3 is 2.20 bits per heavy atom. The van der Waals surface area contributed by atoms with Crippen molar-refractivity contribution in [2.75, 3.05) is 6.54 Å². The summed E-state index contributed by atoms with van der Waals surface area (Å²) in [5.41, 5.74) is 4.88. The molecule has 0 amide bonds. The lowest BCUT2D eigenvalue weighted by atomic mass is 10.1. The van der Waals surface area contributed by atoms with Crippen molar-refractivity contribution in [3.63, 3.8) is 0 Å². The first kappa shape index (κ1) is 9.29. The summed E-state index contributed by atoms with van der Waals surface area (Å²) in [5.74, 6) is -2.45. The molecule has 0 unspecified atom stereocenters. The second kappa shape index (κ2) is 4.16. The molecule has 3 N–H and O–H groups in total. The molecule has 5 heteroatoms. The lowest BCUT2D eigenvalue weighted by Gasteiger charge is -2.09. The summed E-state index contributed by atoms with van der Waals surface area (Å²) in [6.07, 6.45) is -3.20. The van der Waals surface area contributed by atoms with Crippen molar-refractivity contribution in [2.45, 2.75) is 12.8 Å². The third-order valence-electron chi connectivity index (χ3n) is 1.10. The molecule has 0 aromatic carbocycles. The predicted octanol–water partition coefficient (Wildman–Crippen LogP) is 0.301. The standard InChI is InChI=1S/C5H9F2NO2/c6-5(7)3(2-8)1-4(9)10/h3,5H,1-2,8H2,(H,9,10)/t3-/m0/s1. The topological polar surface area (TPSA) is 63.3 Å². The van der Waals surface area contributed by atoms with Crippen LogP contribution in [0, 0.1) is 5.92 Å². The Morgan fingerprint density at radius 2 is 2.10 bits per heavy atom. The number of halogens is 2. The van der Waals surface area contributed by atoms with Gasteiger partial charge in [-0.3, -0.25) is 4.79 Å². The van der Waals surface area contributed by atoms with Crippen LogP contribution in [0.5, 0.6) is 0 Å². The number of hydrogen-bond acceptors (Lipinski definition) is 2. The molecule has 0 aliphatic carbocycles. The Morgan fingerprint density at radius 1 is 1.60 bits per heavy atom. The molecule has 0 radical (unpaired) electrons. The van der Waals surface area contributed by atoms with Crippen molar-refractivity contribution >= 4 is 5.97 Å². The minimum absolute atomic E-state index is 0.288. The number of carbonyl (C=O) groups is 1. The Kier molecular flexibility index (Phi) is 3.87. The van der Waals surface area contributed by atoms with Crippen LogP contribution in [0.15, 0.2) is 0 Å². The zero-order valence-corrected chi connectivity index (χ0v) is 5.26. The van der Waals surface area contributed by atoms with Crippen LogP contribution in [0.2, 0.25) is 0 Å². The number of carboxylic acid groups (broad SMARTS) is 1. The molecule has 0 saturated carbocycles. The van der Waals surface area contributed by atoms with Crippen LogP contribution in [-0.2, 0) is 4.79 Å². The first-order valence-corrected chi connectivity index (χ1v) is 2.78. The van der Waals surface area contributed by atoms with Gasteiger partial charge in [0.1, 0.15) is 0 Å². The summed E-state index contributed by atoms with van der Waals surface area (Å²) in [7, 11) is 0. The summed E-state index contributed by atoms with van der Waals surface area (Å²) < 4.78 is 23.4. The maximum absolute atomic E-state index is 11.7. The average molecular weight is 153 g/mol. The molecular weight excluding hydrogens is 144 g/mol. The second-order valence-electron chi connectivity index (χ2n) is 1.93. The molecule has 0 bridgehead atoms. The highest BCUT2D eigenvalue weighted by molar-refractivity contribution is 5.67. The van der Waals surface area contributed by atoms with E-state index in [1.165, 1.54) is 0 Å². The molecule has 0 aromatic rings. The number of aliphatic carboxylic acids is 1. The molecule has 0 heterocycles. The molecule has 0 aliphatic heterocycles. The van der Waals surface area contributed by atoms with Gasteiger partial charge in [0.2, 0.25) is 6.43 Å². The van der Waals surface area contributed by atoms with Crippen LogP contribution in [0.3, 0.4) is 0 Å². The maximum atomic E-state index is 11.7. The van der Waals surface area contributed by atoms with Crippen molar-refractivity contribution in [2.24, 2.45) is 11.7 Å². The van der Waals surface area contributed by atoms with Gasteiger partial charge < -0.3 is 10.8 Å². The van der Waals surface area contributed by atoms with Gasteiger partial charge in [0.05, 0.1) is 6.42 Å². The van der Waals surface area contributed by atoms with Crippen molar-refractivity contribution in [1.29, 1.82) is 0 Å². The van der Waals surface area contributed by atoms with E-state index in [1.807, 2.05) is 0 Å². The van der Waals surface area contributed by atoms with Crippen molar-refractivity contribution in [3.05, 3.63) is 0 Å². The van der Waals surface area contributed by atoms with Gasteiger partial charge in [-0.1, -0.05) is 0 Å². The van der Waals surface area contributed by atoms with Crippen LogP contribution in [0.4, 0.5) is 8.78 Å². The van der Waals surface area contributed by atoms with Crippen molar-refractivity contribution in [3.8, 4) is 0 Å². The monoisotopic (exact) mass is 153 g/mol. The van der Waals surface area contributed by atoms with Gasteiger partial charge >= 0.3 is 5.97 Å². The van der Waals surface area contributed by atoms with E-state index in [2.05, 4.69) is 0 Å². The highest BCUT2D eigenvalue weighted by Gasteiger charge is 2.21. The molecule has 0 aliphatic rings. The van der Waals surface area contributed by atoms with Crippen molar-refractivity contribution in [1.82, 2.24) is 0 Å². The lowest BCUT2D eigenvalue weighted by Crippen LogP contribution is -2.24. The van der Waals surface area contributed by atoms with Gasteiger partial charge in [-0.25, -0.2) is 8.78 Å². The molecule has 0 spiro atoms. The van der Waals surface area contributed by atoms with Crippen LogP contribution in [-0.4, -0.2) is 24.0 Å². The van der Waals surface area contributed by atoms with Gasteiger partial charge in [0, 0.05) is 12.5 Å². The molecule has 0 rings (SSSR count). The number of hydrogen-bond donors (Lipinski definition) is 2. The van der Waals surface area contributed by atoms with E-state index in [9.17, 15) is 13.6 Å². The zero-order chi connectivity index (χ0) is 8.15. The molecule has 0 aromatic heterocycles. The zero-order valence-electron chi connectivity index (χ0n) is 5.26. The largest absolute Gasteiger partial charge is 0.481 e. The molecule has 1 atom stereocenters. The van der Waals surface area contributed by atoms with Crippen molar-refractivity contribution < 1.29 is 18.7 Å². The Bertz CT molecular complexity index is 118. The predicted molar refractivity (Wildman–Crippen MR) is 30.8 cm³/mol. The summed E-state index contributed by atoms with van der Waals surface area (Å²) in [6, 6.07) is 0. The van der Waals surface area contributed by atoms with Gasteiger partial charge in [0.25, 0.3) is 0 Å². The van der Waals surface area contributed by atoms with E-state index in [0.717, 1.165) is 0 Å². The number of carboxylic acids is 1. The summed E-state index contributed by atoms with van der Waals surface area (Å²) >= 11 is 0. The van der Waals surface area contributed by atoms with E-state index in [-0.39, 0.29) is 6.54 Å². The minimum Gasteiger partial charge on any atom is -0.481 e. The number of nitrogens with two attached hydrogens (primary N) is 1. The van der Waals surface area contributed by atoms with Gasteiger partial charge in [-0.15, -0.1) is 0 Å². The quantitative estimate of drug-likeness (QED) is 0.610. The lowest BCUT2D eigenvalue weighted by molar-refractivity contribution is -0.139. The fourth-order valence-electron chi connectivity index (χ4n) is 0.500. The van der Waals surface area contributed by atoms with E-state index in [4.69, 9.17) is 10.8 Å². The highest BCUT2D eigenvalue weighted by Crippen LogP contribution is 2.11. The first-order chi connectivity index (χ1) is 4.57. The van der Waals surface area contributed by atoms with Crippen LogP contribution in [0.1, 0.15) is 6.42 Å². The highest BCUT2D eigenvalue weighted by atomic mass is 19.3. The number of alkyl halides is 2. The third-order valence-corrected chi connectivity index (χ3v) is 1.10. The Labute approximate surface area is 56.8 Å². The summed E-state index contributed by atoms with van der Waals surface area (Å²) in [5, 5.41) is 8.07. The van der Waals surface area contributed by atoms with E-state index >= 15 is 0 Å². The Hall–Kier alpha value is -0.710. The van der Waals surface area contributed by atoms with Crippen LogP contribution in [0.25, 0.3) is 0 Å². The van der Waals surface area contributed by atoms with E-state index in [1.54, 1.807) is 0 Å².